The molecule has 2 rings (SSSR count). The maximum absolute atomic E-state index is 6.23. The Balaban J connectivity index is 1.97. The molecule has 0 radical (unpaired) electrons. The molecule has 1 aromatic heterocycles. The van der Waals surface area contributed by atoms with Gasteiger partial charge in [-0.15, -0.1) is 11.6 Å². The van der Waals surface area contributed by atoms with Crippen molar-refractivity contribution < 1.29 is 4.74 Å². The molecule has 15 heavy (non-hydrogen) atoms. The van der Waals surface area contributed by atoms with Crippen LogP contribution in [0.15, 0.2) is 12.4 Å². The zero-order valence-electron chi connectivity index (χ0n) is 8.82. The average molecular weight is 227 g/mol. The second kappa shape index (κ2) is 4.79. The molecule has 0 aromatic carbocycles. The Kier molecular flexibility index (Phi) is 3.41. The smallest absolute Gasteiger partial charge is 0.232 e. The van der Waals surface area contributed by atoms with E-state index in [0.29, 0.717) is 18.4 Å². The maximum Gasteiger partial charge on any atom is 0.232 e. The zero-order valence-corrected chi connectivity index (χ0v) is 9.57. The van der Waals surface area contributed by atoms with Crippen LogP contribution in [0.25, 0.3) is 0 Å². The third-order valence-electron chi connectivity index (χ3n) is 2.49. The van der Waals surface area contributed by atoms with Gasteiger partial charge in [-0.1, -0.05) is 0 Å². The van der Waals surface area contributed by atoms with Gasteiger partial charge in [-0.3, -0.25) is 4.98 Å². The van der Waals surface area contributed by atoms with Crippen LogP contribution in [0.5, 0.6) is 5.88 Å². The molecule has 0 spiro atoms. The summed E-state index contributed by atoms with van der Waals surface area (Å²) in [4.78, 5) is 8.43. The Morgan fingerprint density at radius 1 is 1.53 bits per heavy atom. The van der Waals surface area contributed by atoms with Gasteiger partial charge in [0.15, 0.2) is 0 Å². The number of halogens is 1. The average Bonchev–Trinajstić information content (AvgIpc) is 3.01. The van der Waals surface area contributed by atoms with E-state index in [4.69, 9.17) is 16.3 Å². The first-order valence-corrected chi connectivity index (χ1v) is 5.81. The Morgan fingerprint density at radius 2 is 2.33 bits per heavy atom. The Bertz CT molecular complexity index is 328. The molecule has 0 aliphatic heterocycles. The molecule has 1 aliphatic rings. The molecule has 0 N–H and O–H groups in total. The third-order valence-corrected chi connectivity index (χ3v) is 3.00. The topological polar surface area (TPSA) is 35.0 Å². The molecule has 1 saturated carbocycles. The summed E-state index contributed by atoms with van der Waals surface area (Å²) in [7, 11) is 0. The summed E-state index contributed by atoms with van der Waals surface area (Å²) in [5, 5.41) is 0.205. The van der Waals surface area contributed by atoms with Crippen LogP contribution in [0.2, 0.25) is 0 Å². The van der Waals surface area contributed by atoms with Crippen molar-refractivity contribution >= 4 is 11.6 Å². The lowest BCUT2D eigenvalue weighted by molar-refractivity contribution is 0.324. The number of rotatable bonds is 5. The van der Waals surface area contributed by atoms with Crippen LogP contribution < -0.4 is 4.74 Å². The van der Waals surface area contributed by atoms with Gasteiger partial charge in [0.25, 0.3) is 0 Å². The molecule has 0 bridgehead atoms. The summed E-state index contributed by atoms with van der Waals surface area (Å²) in [6.07, 6.45) is 6.70. The standard InChI is InChI=1S/C11H15ClN2O/c1-2-15-11-7-13-6-9(14-11)5-10(12)8-3-4-8/h6-8,10H,2-5H2,1H3. The van der Waals surface area contributed by atoms with Crippen molar-refractivity contribution in [3.63, 3.8) is 0 Å². The summed E-state index contributed by atoms with van der Waals surface area (Å²) in [5.41, 5.74) is 0.924. The number of hydrogen-bond donors (Lipinski definition) is 0. The van der Waals surface area contributed by atoms with Crippen molar-refractivity contribution in [3.05, 3.63) is 18.1 Å². The minimum Gasteiger partial charge on any atom is -0.477 e. The van der Waals surface area contributed by atoms with E-state index in [1.54, 1.807) is 12.4 Å². The molecule has 1 heterocycles. The fourth-order valence-corrected chi connectivity index (χ4v) is 1.94. The van der Waals surface area contributed by atoms with Crippen LogP contribution in [0.3, 0.4) is 0 Å². The monoisotopic (exact) mass is 226 g/mol. The number of nitrogens with zero attached hydrogens (tertiary/aromatic N) is 2. The molecular formula is C11H15ClN2O. The van der Waals surface area contributed by atoms with Crippen molar-refractivity contribution in [2.45, 2.75) is 31.6 Å². The van der Waals surface area contributed by atoms with Crippen molar-refractivity contribution in [2.24, 2.45) is 5.92 Å². The SMILES string of the molecule is CCOc1cncc(CC(Cl)C2CC2)n1. The molecule has 1 fully saturated rings. The van der Waals surface area contributed by atoms with Gasteiger partial charge in [-0.2, -0.15) is 0 Å². The van der Waals surface area contributed by atoms with Gasteiger partial charge in [0, 0.05) is 18.0 Å². The largest absolute Gasteiger partial charge is 0.477 e. The fraction of sp³-hybridized carbons (Fsp3) is 0.636. The highest BCUT2D eigenvalue weighted by atomic mass is 35.5. The molecule has 1 atom stereocenters. The van der Waals surface area contributed by atoms with Crippen molar-refractivity contribution in [3.8, 4) is 5.88 Å². The second-order valence-corrected chi connectivity index (χ2v) is 4.40. The summed E-state index contributed by atoms with van der Waals surface area (Å²) in [5.74, 6) is 1.28. The van der Waals surface area contributed by atoms with Crippen LogP contribution in [0, 0.1) is 5.92 Å². The van der Waals surface area contributed by atoms with E-state index in [-0.39, 0.29) is 5.38 Å². The molecule has 1 aromatic rings. The number of ether oxygens (including phenoxy) is 1. The van der Waals surface area contributed by atoms with E-state index in [1.807, 2.05) is 6.92 Å². The van der Waals surface area contributed by atoms with E-state index in [2.05, 4.69) is 9.97 Å². The predicted molar refractivity (Wildman–Crippen MR) is 59.3 cm³/mol. The van der Waals surface area contributed by atoms with Crippen LogP contribution in [-0.4, -0.2) is 22.0 Å². The van der Waals surface area contributed by atoms with E-state index in [1.165, 1.54) is 12.8 Å². The van der Waals surface area contributed by atoms with Crippen molar-refractivity contribution in [2.75, 3.05) is 6.61 Å². The number of hydrogen-bond acceptors (Lipinski definition) is 3. The van der Waals surface area contributed by atoms with E-state index >= 15 is 0 Å². The molecule has 1 unspecified atom stereocenters. The van der Waals surface area contributed by atoms with Crippen molar-refractivity contribution in [1.82, 2.24) is 9.97 Å². The van der Waals surface area contributed by atoms with E-state index in [0.717, 1.165) is 12.1 Å². The lowest BCUT2D eigenvalue weighted by atomic mass is 10.2. The van der Waals surface area contributed by atoms with Crippen LogP contribution in [-0.2, 0) is 6.42 Å². The minimum absolute atomic E-state index is 0.205. The van der Waals surface area contributed by atoms with E-state index < -0.39 is 0 Å². The van der Waals surface area contributed by atoms with Gasteiger partial charge in [0.1, 0.15) is 0 Å². The predicted octanol–water partition coefficient (Wildman–Crippen LogP) is 2.44. The summed E-state index contributed by atoms with van der Waals surface area (Å²) in [6, 6.07) is 0. The third kappa shape index (κ3) is 3.06. The first kappa shape index (κ1) is 10.7. The summed E-state index contributed by atoms with van der Waals surface area (Å²) < 4.78 is 5.29. The van der Waals surface area contributed by atoms with Gasteiger partial charge in [0.05, 0.1) is 18.5 Å². The zero-order chi connectivity index (χ0) is 10.7. The van der Waals surface area contributed by atoms with Crippen LogP contribution in [0.4, 0.5) is 0 Å². The molecule has 0 amide bonds. The molecule has 1 aliphatic carbocycles. The second-order valence-electron chi connectivity index (χ2n) is 3.84. The molecule has 82 valence electrons. The molecule has 3 nitrogen and oxygen atoms in total. The Labute approximate surface area is 94.8 Å². The summed E-state index contributed by atoms with van der Waals surface area (Å²) >= 11 is 6.23. The number of alkyl halides is 1. The lowest BCUT2D eigenvalue weighted by Crippen LogP contribution is -2.08. The lowest BCUT2D eigenvalue weighted by Gasteiger charge is -2.07. The van der Waals surface area contributed by atoms with Gasteiger partial charge >= 0.3 is 0 Å². The van der Waals surface area contributed by atoms with Crippen LogP contribution in [0.1, 0.15) is 25.5 Å². The highest BCUT2D eigenvalue weighted by molar-refractivity contribution is 6.21. The molecule has 4 heteroatoms. The number of aromatic nitrogens is 2. The first-order chi connectivity index (χ1) is 7.29. The van der Waals surface area contributed by atoms with Gasteiger partial charge in [-0.05, 0) is 25.7 Å². The summed E-state index contributed by atoms with van der Waals surface area (Å²) in [6.45, 7) is 2.55. The highest BCUT2D eigenvalue weighted by Gasteiger charge is 2.29. The van der Waals surface area contributed by atoms with Gasteiger partial charge in [-0.25, -0.2) is 4.98 Å². The Morgan fingerprint density at radius 3 is 3.00 bits per heavy atom. The Hall–Kier alpha value is -0.830. The molecular weight excluding hydrogens is 212 g/mol. The minimum atomic E-state index is 0.205. The van der Waals surface area contributed by atoms with Gasteiger partial charge in [0.2, 0.25) is 5.88 Å². The van der Waals surface area contributed by atoms with Gasteiger partial charge < -0.3 is 4.74 Å². The van der Waals surface area contributed by atoms with Crippen LogP contribution >= 0.6 is 11.6 Å². The van der Waals surface area contributed by atoms with Crippen molar-refractivity contribution in [1.29, 1.82) is 0 Å². The van der Waals surface area contributed by atoms with E-state index in [9.17, 15) is 0 Å². The normalized spacial score (nSPS) is 17.5. The highest BCUT2D eigenvalue weighted by Crippen LogP contribution is 2.36. The quantitative estimate of drug-likeness (QED) is 0.724. The maximum atomic E-state index is 6.23. The first-order valence-electron chi connectivity index (χ1n) is 5.37. The molecule has 0 saturated heterocycles. The fourth-order valence-electron chi connectivity index (χ4n) is 1.53.